The SMILES string of the molecule is CNC(=O)OCc1cccc(O[C@H]2CC[C@H](C(=O)N(C)c3ccc(CN4CCN(C(=O)O)[C@@H](C)C4)c(C)c3)CC2)c1. The molecule has 1 saturated heterocycles. The minimum atomic E-state index is -0.859. The maximum atomic E-state index is 13.4. The molecule has 1 atom stereocenters. The van der Waals surface area contributed by atoms with E-state index in [-0.39, 0.29) is 30.6 Å². The Hall–Kier alpha value is -3.79. The Kier molecular flexibility index (Phi) is 10.1. The zero-order chi connectivity index (χ0) is 29.5. The molecule has 10 heteroatoms. The highest BCUT2D eigenvalue weighted by atomic mass is 16.5. The molecule has 0 aromatic heterocycles. The molecule has 3 amide bonds. The Morgan fingerprint density at radius 2 is 1.83 bits per heavy atom. The van der Waals surface area contributed by atoms with Crippen LogP contribution in [0.15, 0.2) is 42.5 Å². The van der Waals surface area contributed by atoms with Crippen LogP contribution in [0.1, 0.15) is 49.3 Å². The van der Waals surface area contributed by atoms with Crippen molar-refractivity contribution in [3.63, 3.8) is 0 Å². The normalized spacial score (nSPS) is 21.2. The summed E-state index contributed by atoms with van der Waals surface area (Å²) in [4.78, 5) is 41.6. The maximum absolute atomic E-state index is 13.4. The third kappa shape index (κ3) is 7.91. The lowest BCUT2D eigenvalue weighted by Crippen LogP contribution is -2.53. The summed E-state index contributed by atoms with van der Waals surface area (Å²) in [7, 11) is 3.37. The van der Waals surface area contributed by atoms with Gasteiger partial charge in [0.2, 0.25) is 5.91 Å². The van der Waals surface area contributed by atoms with Gasteiger partial charge in [-0.3, -0.25) is 9.69 Å². The summed E-state index contributed by atoms with van der Waals surface area (Å²) < 4.78 is 11.3. The van der Waals surface area contributed by atoms with Gasteiger partial charge in [-0.15, -0.1) is 0 Å². The number of benzene rings is 2. The van der Waals surface area contributed by atoms with Crippen LogP contribution >= 0.6 is 0 Å². The van der Waals surface area contributed by atoms with E-state index in [4.69, 9.17) is 9.47 Å². The van der Waals surface area contributed by atoms with Crippen LogP contribution in [-0.2, 0) is 22.7 Å². The lowest BCUT2D eigenvalue weighted by atomic mass is 9.86. The molecule has 1 aliphatic heterocycles. The number of rotatable bonds is 8. The first-order valence-electron chi connectivity index (χ1n) is 14.3. The van der Waals surface area contributed by atoms with Crippen LogP contribution < -0.4 is 15.0 Å². The molecule has 1 aliphatic carbocycles. The number of aryl methyl sites for hydroxylation is 1. The number of piperazine rings is 1. The van der Waals surface area contributed by atoms with E-state index >= 15 is 0 Å². The van der Waals surface area contributed by atoms with Crippen LogP contribution in [0.5, 0.6) is 5.75 Å². The van der Waals surface area contributed by atoms with Gasteiger partial charge in [-0.2, -0.15) is 0 Å². The number of hydrogen-bond acceptors (Lipinski definition) is 6. The highest BCUT2D eigenvalue weighted by Crippen LogP contribution is 2.31. The number of ether oxygens (including phenoxy) is 2. The van der Waals surface area contributed by atoms with E-state index < -0.39 is 12.2 Å². The fourth-order valence-electron chi connectivity index (χ4n) is 5.72. The topological polar surface area (TPSA) is 112 Å². The number of nitrogens with one attached hydrogen (secondary N) is 1. The molecule has 0 spiro atoms. The molecule has 0 radical (unpaired) electrons. The summed E-state index contributed by atoms with van der Waals surface area (Å²) in [6.45, 7) is 6.87. The predicted octanol–water partition coefficient (Wildman–Crippen LogP) is 4.64. The monoisotopic (exact) mass is 566 g/mol. The van der Waals surface area contributed by atoms with Gasteiger partial charge in [0.15, 0.2) is 0 Å². The molecule has 2 N–H and O–H groups in total. The van der Waals surface area contributed by atoms with E-state index in [1.165, 1.54) is 17.5 Å². The van der Waals surface area contributed by atoms with Gasteiger partial charge >= 0.3 is 12.2 Å². The quantitative estimate of drug-likeness (QED) is 0.479. The Morgan fingerprint density at radius 3 is 2.49 bits per heavy atom. The lowest BCUT2D eigenvalue weighted by Gasteiger charge is -2.38. The number of carbonyl (C=O) groups is 3. The predicted molar refractivity (Wildman–Crippen MR) is 156 cm³/mol. The van der Waals surface area contributed by atoms with E-state index in [0.29, 0.717) is 19.6 Å². The molecule has 0 bridgehead atoms. The third-order valence-electron chi connectivity index (χ3n) is 8.19. The van der Waals surface area contributed by atoms with Crippen LogP contribution in [0.4, 0.5) is 15.3 Å². The molecule has 10 nitrogen and oxygen atoms in total. The van der Waals surface area contributed by atoms with E-state index in [1.54, 1.807) is 4.90 Å². The molecule has 41 heavy (non-hydrogen) atoms. The van der Waals surface area contributed by atoms with E-state index in [0.717, 1.165) is 54.8 Å². The van der Waals surface area contributed by atoms with Crippen molar-refractivity contribution in [3.05, 3.63) is 59.2 Å². The fourth-order valence-corrected chi connectivity index (χ4v) is 5.72. The van der Waals surface area contributed by atoms with Crippen molar-refractivity contribution in [3.8, 4) is 5.75 Å². The van der Waals surface area contributed by atoms with Crippen molar-refractivity contribution >= 4 is 23.8 Å². The maximum Gasteiger partial charge on any atom is 0.407 e. The number of carbonyl (C=O) groups excluding carboxylic acids is 2. The second-order valence-corrected chi connectivity index (χ2v) is 11.1. The van der Waals surface area contributed by atoms with Gasteiger partial charge in [0.05, 0.1) is 6.10 Å². The second-order valence-electron chi connectivity index (χ2n) is 11.1. The molecule has 1 heterocycles. The summed E-state index contributed by atoms with van der Waals surface area (Å²) >= 11 is 0. The molecule has 2 fully saturated rings. The van der Waals surface area contributed by atoms with Crippen molar-refractivity contribution in [2.24, 2.45) is 5.92 Å². The first-order chi connectivity index (χ1) is 19.6. The summed E-state index contributed by atoms with van der Waals surface area (Å²) in [5, 5.41) is 11.8. The minimum absolute atomic E-state index is 0.0369. The molecule has 0 unspecified atom stereocenters. The zero-order valence-corrected chi connectivity index (χ0v) is 24.5. The van der Waals surface area contributed by atoms with Crippen molar-refractivity contribution in [1.82, 2.24) is 15.1 Å². The minimum Gasteiger partial charge on any atom is -0.490 e. The summed E-state index contributed by atoms with van der Waals surface area (Å²) in [6, 6.07) is 13.7. The van der Waals surface area contributed by atoms with Crippen molar-refractivity contribution in [2.45, 2.75) is 64.8 Å². The Labute approximate surface area is 242 Å². The third-order valence-corrected chi connectivity index (χ3v) is 8.19. The molecule has 4 rings (SSSR count). The van der Waals surface area contributed by atoms with Crippen molar-refractivity contribution < 1.29 is 29.0 Å². The fraction of sp³-hybridized carbons (Fsp3) is 0.516. The largest absolute Gasteiger partial charge is 0.490 e. The van der Waals surface area contributed by atoms with Crippen LogP contribution in [0.3, 0.4) is 0 Å². The highest BCUT2D eigenvalue weighted by molar-refractivity contribution is 5.94. The summed E-state index contributed by atoms with van der Waals surface area (Å²) in [6.07, 6.45) is 1.85. The van der Waals surface area contributed by atoms with Crippen molar-refractivity contribution in [1.29, 1.82) is 0 Å². The van der Waals surface area contributed by atoms with Gasteiger partial charge in [-0.1, -0.05) is 18.2 Å². The molecule has 222 valence electrons. The van der Waals surface area contributed by atoms with Crippen LogP contribution in [0.25, 0.3) is 0 Å². The van der Waals surface area contributed by atoms with Gasteiger partial charge in [-0.05, 0) is 80.5 Å². The number of carboxylic acid groups (broad SMARTS) is 1. The van der Waals surface area contributed by atoms with Crippen molar-refractivity contribution in [2.75, 3.05) is 38.6 Å². The first-order valence-corrected chi connectivity index (χ1v) is 14.3. The van der Waals surface area contributed by atoms with E-state index in [9.17, 15) is 19.5 Å². The molecule has 2 aromatic rings. The Morgan fingerprint density at radius 1 is 1.07 bits per heavy atom. The summed E-state index contributed by atoms with van der Waals surface area (Å²) in [5.74, 6) is 0.824. The van der Waals surface area contributed by atoms with Gasteiger partial charge in [0, 0.05) is 57.9 Å². The number of hydrogen-bond donors (Lipinski definition) is 2. The smallest absolute Gasteiger partial charge is 0.407 e. The van der Waals surface area contributed by atoms with Gasteiger partial charge in [-0.25, -0.2) is 9.59 Å². The second kappa shape index (κ2) is 13.7. The van der Waals surface area contributed by atoms with Gasteiger partial charge in [0.25, 0.3) is 0 Å². The van der Waals surface area contributed by atoms with Crippen LogP contribution in [-0.4, -0.2) is 78.9 Å². The summed E-state index contributed by atoms with van der Waals surface area (Å²) in [5.41, 5.74) is 4.05. The molecule has 2 aromatic carbocycles. The Bertz CT molecular complexity index is 1230. The van der Waals surface area contributed by atoms with Crippen LogP contribution in [0.2, 0.25) is 0 Å². The van der Waals surface area contributed by atoms with Crippen LogP contribution in [0, 0.1) is 12.8 Å². The molecule has 1 saturated carbocycles. The molecular weight excluding hydrogens is 524 g/mol. The zero-order valence-electron chi connectivity index (χ0n) is 24.5. The number of alkyl carbamates (subject to hydrolysis) is 1. The first kappa shape index (κ1) is 30.2. The molecule has 2 aliphatic rings. The van der Waals surface area contributed by atoms with E-state index in [1.807, 2.05) is 44.3 Å². The standard InChI is InChI=1S/C31H42N4O6/c1-21-16-26(11-8-25(21)19-34-14-15-35(31(38)39)22(2)18-34)33(4)29(36)24-9-12-27(13-10-24)41-28-7-5-6-23(17-28)20-40-30(37)32-3/h5-8,11,16-17,22,24,27H,9-10,12-15,18-20H2,1-4H3,(H,32,37)(H,38,39)/t22-,24-,27-/m0/s1. The van der Waals surface area contributed by atoms with E-state index in [2.05, 4.69) is 29.3 Å². The number of nitrogens with zero attached hydrogens (tertiary/aromatic N) is 3. The number of anilines is 1. The van der Waals surface area contributed by atoms with Gasteiger partial charge < -0.3 is 29.7 Å². The average Bonchev–Trinajstić information content (AvgIpc) is 2.96. The molecular formula is C31H42N4O6. The Balaban J connectivity index is 1.27. The lowest BCUT2D eigenvalue weighted by molar-refractivity contribution is -0.123. The van der Waals surface area contributed by atoms with Gasteiger partial charge in [0.1, 0.15) is 12.4 Å². The average molecular weight is 567 g/mol. The number of amides is 3. The highest BCUT2D eigenvalue weighted by Gasteiger charge is 2.30.